The van der Waals surface area contributed by atoms with Crippen LogP contribution in [-0.2, 0) is 17.8 Å². The number of ether oxygens (including phenoxy) is 1. The molecule has 0 radical (unpaired) electrons. The lowest BCUT2D eigenvalue weighted by atomic mass is 9.99. The van der Waals surface area contributed by atoms with E-state index in [9.17, 15) is 5.11 Å². The Labute approximate surface area is 119 Å². The monoisotopic (exact) mass is 284 g/mol. The molecule has 0 saturated carbocycles. The molecule has 1 aromatic rings. The van der Waals surface area contributed by atoms with Gasteiger partial charge in [0.15, 0.2) is 5.13 Å². The van der Waals surface area contributed by atoms with Crippen molar-refractivity contribution in [1.82, 2.24) is 4.98 Å². The van der Waals surface area contributed by atoms with E-state index >= 15 is 0 Å². The van der Waals surface area contributed by atoms with Crippen LogP contribution in [0.4, 0.5) is 5.13 Å². The van der Waals surface area contributed by atoms with E-state index < -0.39 is 0 Å². The second kappa shape index (κ2) is 7.22. The van der Waals surface area contributed by atoms with Gasteiger partial charge in [-0.25, -0.2) is 4.98 Å². The van der Waals surface area contributed by atoms with Crippen LogP contribution in [0.25, 0.3) is 0 Å². The molecule has 1 saturated heterocycles. The van der Waals surface area contributed by atoms with Crippen molar-refractivity contribution in [3.8, 4) is 0 Å². The number of thiazole rings is 1. The smallest absolute Gasteiger partial charge is 0.185 e. The van der Waals surface area contributed by atoms with Gasteiger partial charge >= 0.3 is 0 Å². The predicted molar refractivity (Wildman–Crippen MR) is 78.8 cm³/mol. The Morgan fingerprint density at radius 3 is 3.05 bits per heavy atom. The number of hydrogen-bond donors (Lipinski definition) is 1. The van der Waals surface area contributed by atoms with Crippen molar-refractivity contribution in [2.75, 3.05) is 31.7 Å². The van der Waals surface area contributed by atoms with Crippen molar-refractivity contribution < 1.29 is 9.84 Å². The average molecular weight is 284 g/mol. The summed E-state index contributed by atoms with van der Waals surface area (Å²) in [5.41, 5.74) is 1.08. The number of rotatable bonds is 6. The van der Waals surface area contributed by atoms with E-state index in [-0.39, 0.29) is 6.61 Å². The number of nitrogens with zero attached hydrogens (tertiary/aromatic N) is 2. The van der Waals surface area contributed by atoms with Crippen molar-refractivity contribution in [3.05, 3.63) is 10.6 Å². The third kappa shape index (κ3) is 3.68. The first-order valence-corrected chi connectivity index (χ1v) is 7.93. The van der Waals surface area contributed by atoms with Gasteiger partial charge in [0, 0.05) is 20.2 Å². The van der Waals surface area contributed by atoms with Crippen LogP contribution in [-0.4, -0.2) is 36.9 Å². The standard InChI is InChI=1S/C14H24N2O2S/c1-3-5-12-13(9-17)19-14(15-12)16-7-4-6-11(8-16)10-18-2/h11,17H,3-10H2,1-2H3. The molecule has 1 atom stereocenters. The van der Waals surface area contributed by atoms with Crippen LogP contribution in [0, 0.1) is 5.92 Å². The van der Waals surface area contributed by atoms with E-state index in [1.807, 2.05) is 0 Å². The number of piperidine rings is 1. The summed E-state index contributed by atoms with van der Waals surface area (Å²) in [5, 5.41) is 10.5. The Morgan fingerprint density at radius 2 is 2.37 bits per heavy atom. The van der Waals surface area contributed by atoms with Gasteiger partial charge in [-0.1, -0.05) is 24.7 Å². The first-order valence-electron chi connectivity index (χ1n) is 7.11. The summed E-state index contributed by atoms with van der Waals surface area (Å²) in [6.07, 6.45) is 4.47. The largest absolute Gasteiger partial charge is 0.391 e. The third-order valence-electron chi connectivity index (χ3n) is 3.59. The zero-order valence-electron chi connectivity index (χ0n) is 11.9. The Kier molecular flexibility index (Phi) is 5.60. The van der Waals surface area contributed by atoms with E-state index in [2.05, 4.69) is 11.8 Å². The second-order valence-corrected chi connectivity index (χ2v) is 6.25. The molecule has 2 heterocycles. The fourth-order valence-corrected chi connectivity index (χ4v) is 3.67. The van der Waals surface area contributed by atoms with Crippen molar-refractivity contribution >= 4 is 16.5 Å². The summed E-state index contributed by atoms with van der Waals surface area (Å²) < 4.78 is 5.27. The van der Waals surface area contributed by atoms with Gasteiger partial charge in [0.2, 0.25) is 0 Å². The maximum Gasteiger partial charge on any atom is 0.185 e. The number of aliphatic hydroxyl groups is 1. The molecule has 108 valence electrons. The number of methoxy groups -OCH3 is 1. The van der Waals surface area contributed by atoms with Crippen molar-refractivity contribution in [3.63, 3.8) is 0 Å². The summed E-state index contributed by atoms with van der Waals surface area (Å²) in [6.45, 7) is 5.19. The minimum atomic E-state index is 0.113. The van der Waals surface area contributed by atoms with Gasteiger partial charge < -0.3 is 14.7 Å². The Balaban J connectivity index is 2.07. The molecule has 1 aliphatic rings. The molecular formula is C14H24N2O2S. The van der Waals surface area contributed by atoms with E-state index in [1.165, 1.54) is 12.8 Å². The molecule has 2 rings (SSSR count). The third-order valence-corrected chi connectivity index (χ3v) is 4.73. The summed E-state index contributed by atoms with van der Waals surface area (Å²) in [4.78, 5) is 8.12. The number of aromatic nitrogens is 1. The van der Waals surface area contributed by atoms with Crippen LogP contribution < -0.4 is 4.90 Å². The minimum absolute atomic E-state index is 0.113. The zero-order valence-corrected chi connectivity index (χ0v) is 12.7. The van der Waals surface area contributed by atoms with Crippen molar-refractivity contribution in [1.29, 1.82) is 0 Å². The minimum Gasteiger partial charge on any atom is -0.391 e. The molecule has 0 aromatic carbocycles. The highest BCUT2D eigenvalue weighted by Crippen LogP contribution is 2.30. The number of anilines is 1. The van der Waals surface area contributed by atoms with E-state index in [1.54, 1.807) is 18.4 Å². The van der Waals surface area contributed by atoms with Crippen LogP contribution in [0.2, 0.25) is 0 Å². The fraction of sp³-hybridized carbons (Fsp3) is 0.786. The predicted octanol–water partition coefficient (Wildman–Crippen LogP) is 2.45. The molecule has 5 heteroatoms. The molecule has 0 amide bonds. The van der Waals surface area contributed by atoms with Crippen LogP contribution in [0.5, 0.6) is 0 Å². The molecule has 1 fully saturated rings. The van der Waals surface area contributed by atoms with E-state index in [4.69, 9.17) is 9.72 Å². The molecule has 1 aliphatic heterocycles. The van der Waals surface area contributed by atoms with Crippen molar-refractivity contribution in [2.45, 2.75) is 39.2 Å². The highest BCUT2D eigenvalue weighted by Gasteiger charge is 2.23. The highest BCUT2D eigenvalue weighted by atomic mass is 32.1. The van der Waals surface area contributed by atoms with Gasteiger partial charge in [-0.15, -0.1) is 0 Å². The molecule has 1 unspecified atom stereocenters. The summed E-state index contributed by atoms with van der Waals surface area (Å²) in [5.74, 6) is 0.606. The van der Waals surface area contributed by atoms with Crippen LogP contribution in [0.15, 0.2) is 0 Å². The van der Waals surface area contributed by atoms with Crippen molar-refractivity contribution in [2.24, 2.45) is 5.92 Å². The molecule has 1 N–H and O–H groups in total. The Hall–Kier alpha value is -0.650. The molecule has 1 aromatic heterocycles. The zero-order chi connectivity index (χ0) is 13.7. The maximum absolute atomic E-state index is 9.42. The van der Waals surface area contributed by atoms with Gasteiger partial charge in [0.1, 0.15) is 0 Å². The lowest BCUT2D eigenvalue weighted by Crippen LogP contribution is -2.37. The van der Waals surface area contributed by atoms with Crippen LogP contribution in [0.1, 0.15) is 36.8 Å². The number of aliphatic hydroxyl groups excluding tert-OH is 1. The molecule has 19 heavy (non-hydrogen) atoms. The van der Waals surface area contributed by atoms with Gasteiger partial charge in [-0.3, -0.25) is 0 Å². The van der Waals surface area contributed by atoms with Gasteiger partial charge in [0.25, 0.3) is 0 Å². The lowest BCUT2D eigenvalue weighted by Gasteiger charge is -2.32. The summed E-state index contributed by atoms with van der Waals surface area (Å²) in [7, 11) is 1.77. The average Bonchev–Trinajstić information content (AvgIpc) is 2.83. The molecule has 0 bridgehead atoms. The quantitative estimate of drug-likeness (QED) is 0.871. The SMILES string of the molecule is CCCc1nc(N2CCCC(COC)C2)sc1CO. The molecular weight excluding hydrogens is 260 g/mol. The Bertz CT molecular complexity index is 393. The summed E-state index contributed by atoms with van der Waals surface area (Å²) >= 11 is 1.65. The van der Waals surface area contributed by atoms with E-state index in [0.717, 1.165) is 48.2 Å². The molecule has 0 aliphatic carbocycles. The normalized spacial score (nSPS) is 19.9. The number of aryl methyl sites for hydroxylation is 1. The Morgan fingerprint density at radius 1 is 1.53 bits per heavy atom. The topological polar surface area (TPSA) is 45.6 Å². The summed E-state index contributed by atoms with van der Waals surface area (Å²) in [6, 6.07) is 0. The van der Waals surface area contributed by atoms with Gasteiger partial charge in [-0.05, 0) is 25.2 Å². The van der Waals surface area contributed by atoms with Crippen LogP contribution >= 0.6 is 11.3 Å². The first-order chi connectivity index (χ1) is 9.28. The highest BCUT2D eigenvalue weighted by molar-refractivity contribution is 7.15. The molecule has 0 spiro atoms. The fourth-order valence-electron chi connectivity index (χ4n) is 2.67. The second-order valence-electron chi connectivity index (χ2n) is 5.18. The van der Waals surface area contributed by atoms with E-state index in [0.29, 0.717) is 5.92 Å². The van der Waals surface area contributed by atoms with Gasteiger partial charge in [-0.2, -0.15) is 0 Å². The van der Waals surface area contributed by atoms with Crippen LogP contribution in [0.3, 0.4) is 0 Å². The number of hydrogen-bond acceptors (Lipinski definition) is 5. The lowest BCUT2D eigenvalue weighted by molar-refractivity contribution is 0.143. The maximum atomic E-state index is 9.42. The van der Waals surface area contributed by atoms with Gasteiger partial charge in [0.05, 0.1) is 23.8 Å². The molecule has 4 nitrogen and oxygen atoms in total. The first kappa shape index (κ1) is 14.8.